The van der Waals surface area contributed by atoms with E-state index in [1.54, 1.807) is 14.2 Å². The SMILES string of the molecule is CCNC(=NCc1cc(OC)c(OCC)c(OC)c1)NCC(CC)CC. The fraction of sp³-hybridized carbons (Fsp3) is 0.650. The van der Waals surface area contributed by atoms with Crippen LogP contribution in [0.15, 0.2) is 17.1 Å². The molecular formula is C20H35N3O3. The first-order valence-corrected chi connectivity index (χ1v) is 9.53. The van der Waals surface area contributed by atoms with Crippen molar-refractivity contribution >= 4 is 5.96 Å². The van der Waals surface area contributed by atoms with Crippen LogP contribution in [-0.2, 0) is 6.54 Å². The lowest BCUT2D eigenvalue weighted by Gasteiger charge is -2.17. The van der Waals surface area contributed by atoms with Gasteiger partial charge in [-0.05, 0) is 37.5 Å². The van der Waals surface area contributed by atoms with Gasteiger partial charge in [0.25, 0.3) is 0 Å². The highest BCUT2D eigenvalue weighted by Crippen LogP contribution is 2.38. The van der Waals surface area contributed by atoms with Crippen LogP contribution in [0.2, 0.25) is 0 Å². The van der Waals surface area contributed by atoms with Crippen LogP contribution in [0.1, 0.15) is 46.1 Å². The number of guanidine groups is 1. The monoisotopic (exact) mass is 365 g/mol. The number of nitrogens with zero attached hydrogens (tertiary/aromatic N) is 1. The Morgan fingerprint density at radius 1 is 1.00 bits per heavy atom. The van der Waals surface area contributed by atoms with Gasteiger partial charge in [-0.3, -0.25) is 0 Å². The molecule has 0 saturated heterocycles. The summed E-state index contributed by atoms with van der Waals surface area (Å²) in [4.78, 5) is 4.69. The third-order valence-corrected chi connectivity index (χ3v) is 4.29. The van der Waals surface area contributed by atoms with E-state index < -0.39 is 0 Å². The van der Waals surface area contributed by atoms with Gasteiger partial charge in [0.05, 0.1) is 27.4 Å². The third-order valence-electron chi connectivity index (χ3n) is 4.29. The number of aliphatic imine (C=N–C) groups is 1. The number of methoxy groups -OCH3 is 2. The number of benzene rings is 1. The average molecular weight is 366 g/mol. The van der Waals surface area contributed by atoms with Crippen LogP contribution in [0.25, 0.3) is 0 Å². The minimum Gasteiger partial charge on any atom is -0.493 e. The molecule has 0 aliphatic heterocycles. The van der Waals surface area contributed by atoms with Crippen molar-refractivity contribution in [1.82, 2.24) is 10.6 Å². The van der Waals surface area contributed by atoms with Crippen molar-refractivity contribution in [2.75, 3.05) is 33.9 Å². The van der Waals surface area contributed by atoms with Gasteiger partial charge in [0.15, 0.2) is 17.5 Å². The lowest BCUT2D eigenvalue weighted by atomic mass is 10.0. The van der Waals surface area contributed by atoms with E-state index in [2.05, 4.69) is 31.4 Å². The maximum Gasteiger partial charge on any atom is 0.203 e. The molecule has 0 fully saturated rings. The maximum atomic E-state index is 5.65. The molecule has 1 aromatic rings. The van der Waals surface area contributed by atoms with Crippen molar-refractivity contribution in [3.05, 3.63) is 17.7 Å². The molecule has 1 rings (SSSR count). The van der Waals surface area contributed by atoms with E-state index >= 15 is 0 Å². The molecule has 1 aromatic carbocycles. The Labute approximate surface area is 158 Å². The molecule has 0 bridgehead atoms. The van der Waals surface area contributed by atoms with Crippen LogP contribution in [0.3, 0.4) is 0 Å². The second-order valence-electron chi connectivity index (χ2n) is 6.02. The van der Waals surface area contributed by atoms with Crippen LogP contribution in [0, 0.1) is 5.92 Å². The maximum absolute atomic E-state index is 5.65. The molecular weight excluding hydrogens is 330 g/mol. The molecule has 0 aliphatic carbocycles. The summed E-state index contributed by atoms with van der Waals surface area (Å²) in [6.45, 7) is 11.3. The highest BCUT2D eigenvalue weighted by molar-refractivity contribution is 5.79. The second kappa shape index (κ2) is 12.3. The minimum atomic E-state index is 0.525. The normalized spacial score (nSPS) is 11.4. The molecule has 0 unspecified atom stereocenters. The van der Waals surface area contributed by atoms with E-state index in [1.165, 1.54) is 0 Å². The first-order valence-electron chi connectivity index (χ1n) is 9.53. The predicted molar refractivity (Wildman–Crippen MR) is 108 cm³/mol. The summed E-state index contributed by atoms with van der Waals surface area (Å²) >= 11 is 0. The Balaban J connectivity index is 2.93. The lowest BCUT2D eigenvalue weighted by molar-refractivity contribution is 0.288. The van der Waals surface area contributed by atoms with Crippen LogP contribution >= 0.6 is 0 Å². The summed E-state index contributed by atoms with van der Waals surface area (Å²) in [5, 5.41) is 6.73. The predicted octanol–water partition coefficient (Wildman–Crippen LogP) is 3.59. The van der Waals surface area contributed by atoms with Gasteiger partial charge in [-0.1, -0.05) is 26.7 Å². The quantitative estimate of drug-likeness (QED) is 0.463. The summed E-state index contributed by atoms with van der Waals surface area (Å²) in [6.07, 6.45) is 2.33. The Morgan fingerprint density at radius 3 is 2.08 bits per heavy atom. The van der Waals surface area contributed by atoms with E-state index in [4.69, 9.17) is 19.2 Å². The Morgan fingerprint density at radius 2 is 1.62 bits per heavy atom. The van der Waals surface area contributed by atoms with E-state index in [1.807, 2.05) is 19.1 Å². The number of nitrogens with one attached hydrogen (secondary N) is 2. The van der Waals surface area contributed by atoms with Crippen molar-refractivity contribution in [2.24, 2.45) is 10.9 Å². The molecule has 148 valence electrons. The highest BCUT2D eigenvalue weighted by atomic mass is 16.5. The van der Waals surface area contributed by atoms with Crippen LogP contribution in [0.5, 0.6) is 17.2 Å². The summed E-state index contributed by atoms with van der Waals surface area (Å²) < 4.78 is 16.6. The van der Waals surface area contributed by atoms with E-state index in [-0.39, 0.29) is 0 Å². The fourth-order valence-corrected chi connectivity index (χ4v) is 2.64. The van der Waals surface area contributed by atoms with Gasteiger partial charge in [0.1, 0.15) is 0 Å². The van der Waals surface area contributed by atoms with Gasteiger partial charge in [0.2, 0.25) is 5.75 Å². The first-order chi connectivity index (χ1) is 12.6. The molecule has 0 heterocycles. The van der Waals surface area contributed by atoms with Crippen molar-refractivity contribution in [2.45, 2.75) is 47.1 Å². The fourth-order valence-electron chi connectivity index (χ4n) is 2.64. The summed E-state index contributed by atoms with van der Waals surface area (Å²) in [5.41, 5.74) is 1.00. The van der Waals surface area contributed by atoms with Gasteiger partial charge >= 0.3 is 0 Å². The van der Waals surface area contributed by atoms with E-state index in [0.717, 1.165) is 37.5 Å². The van der Waals surface area contributed by atoms with Crippen LogP contribution < -0.4 is 24.8 Å². The first kappa shape index (κ1) is 21.9. The van der Waals surface area contributed by atoms with Crippen LogP contribution in [0.4, 0.5) is 0 Å². The van der Waals surface area contributed by atoms with E-state index in [9.17, 15) is 0 Å². The molecule has 6 heteroatoms. The molecule has 0 atom stereocenters. The topological polar surface area (TPSA) is 64.1 Å². The average Bonchev–Trinajstić information content (AvgIpc) is 2.67. The number of hydrogen-bond donors (Lipinski definition) is 2. The summed E-state index contributed by atoms with van der Waals surface area (Å²) in [6, 6.07) is 3.89. The minimum absolute atomic E-state index is 0.525. The zero-order chi connectivity index (χ0) is 19.4. The van der Waals surface area contributed by atoms with Gasteiger partial charge in [0, 0.05) is 13.1 Å². The van der Waals surface area contributed by atoms with Crippen molar-refractivity contribution in [1.29, 1.82) is 0 Å². The molecule has 0 aliphatic rings. The molecule has 0 aromatic heterocycles. The van der Waals surface area contributed by atoms with Gasteiger partial charge in [-0.15, -0.1) is 0 Å². The zero-order valence-corrected chi connectivity index (χ0v) is 17.1. The molecule has 2 N–H and O–H groups in total. The molecule has 0 saturated carbocycles. The van der Waals surface area contributed by atoms with Gasteiger partial charge in [-0.2, -0.15) is 0 Å². The summed E-state index contributed by atoms with van der Waals surface area (Å²) in [7, 11) is 3.26. The lowest BCUT2D eigenvalue weighted by Crippen LogP contribution is -2.39. The Kier molecular flexibility index (Phi) is 10.4. The second-order valence-corrected chi connectivity index (χ2v) is 6.02. The molecule has 26 heavy (non-hydrogen) atoms. The van der Waals surface area contributed by atoms with Gasteiger partial charge < -0.3 is 24.8 Å². The Hall–Kier alpha value is -2.11. The Bertz CT molecular complexity index is 532. The standard InChI is InChI=1S/C20H35N3O3/c1-7-15(8-2)13-22-20(21-9-3)23-14-16-11-17(24-5)19(26-10-4)18(12-16)25-6/h11-12,15H,7-10,13-14H2,1-6H3,(H2,21,22,23). The molecule has 6 nitrogen and oxygen atoms in total. The number of hydrogen-bond acceptors (Lipinski definition) is 4. The molecule has 0 radical (unpaired) electrons. The highest BCUT2D eigenvalue weighted by Gasteiger charge is 2.14. The molecule has 0 spiro atoms. The molecule has 0 amide bonds. The smallest absolute Gasteiger partial charge is 0.203 e. The van der Waals surface area contributed by atoms with Crippen molar-refractivity contribution < 1.29 is 14.2 Å². The third kappa shape index (κ3) is 6.65. The van der Waals surface area contributed by atoms with Crippen molar-refractivity contribution in [3.8, 4) is 17.2 Å². The van der Waals surface area contributed by atoms with Crippen molar-refractivity contribution in [3.63, 3.8) is 0 Å². The number of rotatable bonds is 11. The zero-order valence-electron chi connectivity index (χ0n) is 17.1. The van der Waals surface area contributed by atoms with Crippen LogP contribution in [-0.4, -0.2) is 39.9 Å². The van der Waals surface area contributed by atoms with Gasteiger partial charge in [-0.25, -0.2) is 4.99 Å². The summed E-state index contributed by atoms with van der Waals surface area (Å²) in [5.74, 6) is 3.43. The number of ether oxygens (including phenoxy) is 3. The van der Waals surface area contributed by atoms with E-state index in [0.29, 0.717) is 36.3 Å². The largest absolute Gasteiger partial charge is 0.493 e.